The van der Waals surface area contributed by atoms with Crippen LogP contribution in [-0.4, -0.2) is 19.6 Å². The first-order valence-electron chi connectivity index (χ1n) is 24.9. The Balaban J connectivity index is 1.16. The highest BCUT2D eigenvalue weighted by Crippen LogP contribution is 2.49. The minimum absolute atomic E-state index is 0.0403. The van der Waals surface area contributed by atoms with Crippen molar-refractivity contribution < 1.29 is 9.52 Å². The van der Waals surface area contributed by atoms with Crippen molar-refractivity contribution in [3.05, 3.63) is 203 Å². The van der Waals surface area contributed by atoms with Crippen LogP contribution < -0.4 is 0 Å². The number of pyridine rings is 1. The molecule has 0 amide bonds. The number of nitrogens with zero attached hydrogens (tertiary/aromatic N) is 3. The lowest BCUT2D eigenvalue weighted by Crippen LogP contribution is -2.11. The molecule has 0 aliphatic heterocycles. The second-order valence-corrected chi connectivity index (χ2v) is 21.6. The number of hydrogen-bond acceptors (Lipinski definition) is 4. The van der Waals surface area contributed by atoms with Crippen LogP contribution >= 0.6 is 0 Å². The summed E-state index contributed by atoms with van der Waals surface area (Å²) >= 11 is 0. The lowest BCUT2D eigenvalue weighted by Gasteiger charge is -2.23. The zero-order valence-electron chi connectivity index (χ0n) is 41.8. The van der Waals surface area contributed by atoms with Gasteiger partial charge in [0.2, 0.25) is 0 Å². The van der Waals surface area contributed by atoms with Gasteiger partial charge < -0.3 is 9.52 Å². The molecule has 348 valence electrons. The fraction of sp³-hybridized carbons (Fsp3) is 0.182. The molecule has 5 nitrogen and oxygen atoms in total. The molecule has 0 saturated heterocycles. The van der Waals surface area contributed by atoms with Crippen molar-refractivity contribution in [3.63, 3.8) is 0 Å². The molecule has 1 aliphatic carbocycles. The molecular formula is C66H57N3O2. The lowest BCUT2D eigenvalue weighted by molar-refractivity contribution is 0.476. The van der Waals surface area contributed by atoms with Crippen LogP contribution in [0.4, 0.5) is 0 Å². The standard InChI is InChI=1S/C66H57N3O2/c1-39-17-11-18-40(2)63(39)69-54-28-16-27-50(62(54)68-64(69)53-34-33-42-32-31-41-19-14-29-55(70)58(41)61(42)67-53)45-37-52(60-51-24-9-10-30-56(51)71-57(60)38-45)59-48(43-20-12-22-46(35-43)65(3,4)5)25-15-26-49(59)44-21-13-23-47(36-44)66(6,7)8/h9-30,33-38,70H,31-32H2,1-8H3. The Labute approximate surface area is 416 Å². The maximum Gasteiger partial charge on any atom is 0.164 e. The molecule has 0 saturated carbocycles. The van der Waals surface area contributed by atoms with Gasteiger partial charge in [0.1, 0.15) is 22.6 Å². The van der Waals surface area contributed by atoms with E-state index in [1.54, 1.807) is 6.07 Å². The molecule has 1 aliphatic rings. The van der Waals surface area contributed by atoms with Gasteiger partial charge in [0.25, 0.3) is 0 Å². The van der Waals surface area contributed by atoms with E-state index in [1.165, 1.54) is 22.3 Å². The number of phenolic OH excluding ortho intramolecular Hbond substituents is 1. The Morgan fingerprint density at radius 3 is 1.83 bits per heavy atom. The average Bonchev–Trinajstić information content (AvgIpc) is 3.94. The third-order valence-corrected chi connectivity index (χ3v) is 14.8. The van der Waals surface area contributed by atoms with E-state index in [4.69, 9.17) is 14.4 Å². The van der Waals surface area contributed by atoms with E-state index in [0.717, 1.165) is 130 Å². The topological polar surface area (TPSA) is 64.1 Å². The molecular weight excluding hydrogens is 867 g/mol. The summed E-state index contributed by atoms with van der Waals surface area (Å²) in [6.45, 7) is 18.0. The molecule has 71 heavy (non-hydrogen) atoms. The van der Waals surface area contributed by atoms with E-state index in [9.17, 15) is 5.11 Å². The fourth-order valence-electron chi connectivity index (χ4n) is 11.1. The summed E-state index contributed by atoms with van der Waals surface area (Å²) in [5.41, 5.74) is 22.8. The summed E-state index contributed by atoms with van der Waals surface area (Å²) in [6.07, 6.45) is 1.72. The van der Waals surface area contributed by atoms with Gasteiger partial charge >= 0.3 is 0 Å². The van der Waals surface area contributed by atoms with Crippen LogP contribution in [0.25, 0.3) is 106 Å². The summed E-state index contributed by atoms with van der Waals surface area (Å²) in [7, 11) is 0. The minimum Gasteiger partial charge on any atom is -0.507 e. The summed E-state index contributed by atoms with van der Waals surface area (Å²) < 4.78 is 9.24. The van der Waals surface area contributed by atoms with Gasteiger partial charge in [-0.05, 0) is 146 Å². The van der Waals surface area contributed by atoms with Crippen LogP contribution in [0.3, 0.4) is 0 Å². The number of aromatic hydroxyl groups is 1. The molecule has 0 radical (unpaired) electrons. The quantitative estimate of drug-likeness (QED) is 0.180. The van der Waals surface area contributed by atoms with E-state index in [1.807, 2.05) is 6.07 Å². The predicted octanol–water partition coefficient (Wildman–Crippen LogP) is 17.3. The van der Waals surface area contributed by atoms with Crippen molar-refractivity contribution in [2.75, 3.05) is 0 Å². The number of furan rings is 1. The molecule has 0 atom stereocenters. The van der Waals surface area contributed by atoms with Crippen molar-refractivity contribution in [2.24, 2.45) is 0 Å². The van der Waals surface area contributed by atoms with E-state index >= 15 is 0 Å². The molecule has 11 aromatic rings. The Kier molecular flexibility index (Phi) is 10.3. The van der Waals surface area contributed by atoms with Gasteiger partial charge in [-0.25, -0.2) is 9.97 Å². The van der Waals surface area contributed by atoms with Gasteiger partial charge in [-0.3, -0.25) is 4.57 Å². The average molecular weight is 924 g/mol. The van der Waals surface area contributed by atoms with Crippen LogP contribution in [0.2, 0.25) is 0 Å². The number of para-hydroxylation sites is 3. The predicted molar refractivity (Wildman–Crippen MR) is 295 cm³/mol. The maximum absolute atomic E-state index is 11.3. The van der Waals surface area contributed by atoms with Gasteiger partial charge in [0, 0.05) is 21.9 Å². The fourth-order valence-corrected chi connectivity index (χ4v) is 11.1. The van der Waals surface area contributed by atoms with Gasteiger partial charge in [0.05, 0.1) is 22.4 Å². The molecule has 3 aromatic heterocycles. The first kappa shape index (κ1) is 44.2. The Bertz CT molecular complexity index is 3850. The van der Waals surface area contributed by atoms with Crippen molar-refractivity contribution >= 4 is 33.0 Å². The SMILES string of the molecule is Cc1cccc(C)c1-n1c(-c2ccc3c(n2)-c2c(O)cccc2CC3)nc2c(-c3cc(-c4c(-c5cccc(C(C)(C)C)c5)cccc4-c4cccc(C(C)(C)C)c4)c4c(c3)oc3ccccc34)cccc21. The first-order chi connectivity index (χ1) is 34.2. The molecule has 12 rings (SSSR count). The van der Waals surface area contributed by atoms with Gasteiger partial charge in [-0.15, -0.1) is 0 Å². The third-order valence-electron chi connectivity index (χ3n) is 14.8. The van der Waals surface area contributed by atoms with E-state index in [-0.39, 0.29) is 16.6 Å². The lowest BCUT2D eigenvalue weighted by atomic mass is 9.81. The minimum atomic E-state index is -0.0403. The Hall–Kier alpha value is -8.02. The molecule has 1 N–H and O–H groups in total. The molecule has 0 fully saturated rings. The van der Waals surface area contributed by atoms with Crippen molar-refractivity contribution in [1.29, 1.82) is 0 Å². The molecule has 0 bridgehead atoms. The molecule has 0 spiro atoms. The zero-order valence-corrected chi connectivity index (χ0v) is 41.8. The van der Waals surface area contributed by atoms with E-state index in [2.05, 4.69) is 218 Å². The highest BCUT2D eigenvalue weighted by Gasteiger charge is 2.28. The monoisotopic (exact) mass is 923 g/mol. The van der Waals surface area contributed by atoms with E-state index in [0.29, 0.717) is 0 Å². The number of fused-ring (bicyclic) bond motifs is 7. The third kappa shape index (κ3) is 7.45. The number of aromatic nitrogens is 3. The van der Waals surface area contributed by atoms with Crippen LogP contribution in [0, 0.1) is 13.8 Å². The van der Waals surface area contributed by atoms with Crippen LogP contribution in [0.5, 0.6) is 5.75 Å². The van der Waals surface area contributed by atoms with Gasteiger partial charge in [-0.1, -0.05) is 175 Å². The number of rotatable bonds is 6. The molecule has 3 heterocycles. The van der Waals surface area contributed by atoms with E-state index < -0.39 is 0 Å². The van der Waals surface area contributed by atoms with Crippen molar-refractivity contribution in [2.45, 2.75) is 79.1 Å². The second-order valence-electron chi connectivity index (χ2n) is 21.6. The Morgan fingerprint density at radius 1 is 0.507 bits per heavy atom. The first-order valence-corrected chi connectivity index (χ1v) is 24.9. The highest BCUT2D eigenvalue weighted by molar-refractivity contribution is 6.17. The number of imidazole rings is 1. The highest BCUT2D eigenvalue weighted by atomic mass is 16.3. The number of aryl methyl sites for hydroxylation is 4. The largest absolute Gasteiger partial charge is 0.507 e. The van der Waals surface area contributed by atoms with Gasteiger partial charge in [-0.2, -0.15) is 0 Å². The Morgan fingerprint density at radius 2 is 1.13 bits per heavy atom. The molecule has 8 aromatic carbocycles. The maximum atomic E-state index is 11.3. The van der Waals surface area contributed by atoms with Crippen molar-refractivity contribution in [1.82, 2.24) is 14.5 Å². The molecule has 0 unspecified atom stereocenters. The number of phenols is 1. The van der Waals surface area contributed by atoms with Gasteiger partial charge in [0.15, 0.2) is 5.82 Å². The van der Waals surface area contributed by atoms with Crippen LogP contribution in [0.15, 0.2) is 174 Å². The number of benzene rings is 8. The van der Waals surface area contributed by atoms with Crippen LogP contribution in [0.1, 0.15) is 74.9 Å². The molecule has 5 heteroatoms. The summed E-state index contributed by atoms with van der Waals surface area (Å²) in [4.78, 5) is 11.1. The second kappa shape index (κ2) is 16.6. The zero-order chi connectivity index (χ0) is 48.9. The summed E-state index contributed by atoms with van der Waals surface area (Å²) in [5.74, 6) is 0.995. The van der Waals surface area contributed by atoms with Crippen LogP contribution in [-0.2, 0) is 23.7 Å². The summed E-state index contributed by atoms with van der Waals surface area (Å²) in [6, 6.07) is 61.0. The van der Waals surface area contributed by atoms with Crippen molar-refractivity contribution in [3.8, 4) is 78.7 Å². The number of hydrogen-bond donors (Lipinski definition) is 1. The smallest absolute Gasteiger partial charge is 0.164 e. The summed E-state index contributed by atoms with van der Waals surface area (Å²) in [5, 5.41) is 13.4. The normalized spacial score (nSPS) is 12.7.